The number of fused-ring (bicyclic) bond motifs is 1. The predicted octanol–water partition coefficient (Wildman–Crippen LogP) is 3.65. The van der Waals surface area contributed by atoms with E-state index in [2.05, 4.69) is 42.9 Å². The van der Waals surface area contributed by atoms with Gasteiger partial charge >= 0.3 is 0 Å². The molecule has 0 spiro atoms. The molecule has 0 amide bonds. The van der Waals surface area contributed by atoms with Crippen molar-refractivity contribution in [1.82, 2.24) is 9.97 Å². The van der Waals surface area contributed by atoms with Gasteiger partial charge in [0.1, 0.15) is 0 Å². The van der Waals surface area contributed by atoms with Crippen molar-refractivity contribution in [2.45, 2.75) is 26.7 Å². The lowest BCUT2D eigenvalue weighted by atomic mass is 9.97. The highest BCUT2D eigenvalue weighted by atomic mass is 35.5. The molecule has 0 saturated heterocycles. The zero-order chi connectivity index (χ0) is 10.3. The number of hydrogen-bond donors (Lipinski definition) is 1. The molecule has 2 rings (SSSR count). The van der Waals surface area contributed by atoms with E-state index in [1.54, 1.807) is 0 Å². The third kappa shape index (κ3) is 1.50. The lowest BCUT2D eigenvalue weighted by Gasteiger charge is -2.08. The summed E-state index contributed by atoms with van der Waals surface area (Å²) in [7, 11) is 0. The SMILES string of the molecule is Cc1cc2[nH]c(Cl)nc2cc1C(C)C. The number of hydrogen-bond acceptors (Lipinski definition) is 1. The predicted molar refractivity (Wildman–Crippen MR) is 59.9 cm³/mol. The molecule has 0 radical (unpaired) electrons. The number of aromatic amines is 1. The van der Waals surface area contributed by atoms with Crippen molar-refractivity contribution in [2.24, 2.45) is 0 Å². The summed E-state index contributed by atoms with van der Waals surface area (Å²) < 4.78 is 0. The van der Waals surface area contributed by atoms with Crippen LogP contribution in [0.1, 0.15) is 30.9 Å². The molecule has 0 aliphatic heterocycles. The van der Waals surface area contributed by atoms with Crippen molar-refractivity contribution < 1.29 is 0 Å². The maximum atomic E-state index is 5.80. The fourth-order valence-electron chi connectivity index (χ4n) is 1.77. The molecule has 0 atom stereocenters. The van der Waals surface area contributed by atoms with Gasteiger partial charge in [0.15, 0.2) is 0 Å². The Hall–Kier alpha value is -1.02. The van der Waals surface area contributed by atoms with Crippen LogP contribution in [-0.4, -0.2) is 9.97 Å². The topological polar surface area (TPSA) is 28.7 Å². The summed E-state index contributed by atoms with van der Waals surface area (Å²) in [5, 5.41) is 0.459. The third-order valence-electron chi connectivity index (χ3n) is 2.46. The van der Waals surface area contributed by atoms with Gasteiger partial charge in [-0.2, -0.15) is 0 Å². The summed E-state index contributed by atoms with van der Waals surface area (Å²) in [4.78, 5) is 7.23. The Labute approximate surface area is 88.3 Å². The summed E-state index contributed by atoms with van der Waals surface area (Å²) in [5.41, 5.74) is 4.58. The van der Waals surface area contributed by atoms with Crippen LogP contribution in [0.4, 0.5) is 0 Å². The van der Waals surface area contributed by atoms with Crippen LogP contribution in [0.15, 0.2) is 12.1 Å². The van der Waals surface area contributed by atoms with Crippen molar-refractivity contribution in [2.75, 3.05) is 0 Å². The molecule has 74 valence electrons. The molecular weight excluding hydrogens is 196 g/mol. The van der Waals surface area contributed by atoms with Crippen LogP contribution in [0.3, 0.4) is 0 Å². The van der Waals surface area contributed by atoms with Gasteiger partial charge in [0.2, 0.25) is 5.28 Å². The molecule has 0 fully saturated rings. The second-order valence-corrected chi connectivity index (χ2v) is 4.27. The zero-order valence-corrected chi connectivity index (χ0v) is 9.31. The van der Waals surface area contributed by atoms with Gasteiger partial charge in [-0.15, -0.1) is 0 Å². The Kier molecular flexibility index (Phi) is 2.23. The number of rotatable bonds is 1. The number of nitrogens with one attached hydrogen (secondary N) is 1. The van der Waals surface area contributed by atoms with Gasteiger partial charge in [-0.05, 0) is 47.7 Å². The number of aryl methyl sites for hydroxylation is 1. The molecule has 0 aliphatic carbocycles. The molecule has 3 heteroatoms. The third-order valence-corrected chi connectivity index (χ3v) is 2.64. The molecular formula is C11H13ClN2. The van der Waals surface area contributed by atoms with Crippen LogP contribution in [0.2, 0.25) is 5.28 Å². The van der Waals surface area contributed by atoms with Crippen LogP contribution in [-0.2, 0) is 0 Å². The molecule has 0 aliphatic rings. The monoisotopic (exact) mass is 208 g/mol. The van der Waals surface area contributed by atoms with E-state index in [9.17, 15) is 0 Å². The first-order valence-electron chi connectivity index (χ1n) is 4.73. The number of aromatic nitrogens is 2. The van der Waals surface area contributed by atoms with E-state index in [1.807, 2.05) is 0 Å². The van der Waals surface area contributed by atoms with Gasteiger partial charge in [0, 0.05) is 0 Å². The van der Waals surface area contributed by atoms with E-state index < -0.39 is 0 Å². The van der Waals surface area contributed by atoms with E-state index in [-0.39, 0.29) is 0 Å². The summed E-state index contributed by atoms with van der Waals surface area (Å²) in [6.45, 7) is 6.48. The molecule has 14 heavy (non-hydrogen) atoms. The Morgan fingerprint density at radius 2 is 2.07 bits per heavy atom. The largest absolute Gasteiger partial charge is 0.329 e. The molecule has 0 unspecified atom stereocenters. The average molecular weight is 209 g/mol. The van der Waals surface area contributed by atoms with Gasteiger partial charge in [0.05, 0.1) is 11.0 Å². The van der Waals surface area contributed by atoms with Gasteiger partial charge < -0.3 is 4.98 Å². The minimum atomic E-state index is 0.459. The van der Waals surface area contributed by atoms with E-state index in [4.69, 9.17) is 11.6 Å². The number of halogens is 1. The maximum absolute atomic E-state index is 5.80. The van der Waals surface area contributed by atoms with Crippen LogP contribution in [0.25, 0.3) is 11.0 Å². The standard InChI is InChI=1S/C11H13ClN2/c1-6(2)8-5-10-9(4-7(8)3)13-11(12)14-10/h4-6H,1-3H3,(H,13,14). The van der Waals surface area contributed by atoms with E-state index in [0.29, 0.717) is 11.2 Å². The summed E-state index contributed by atoms with van der Waals surface area (Å²) >= 11 is 5.80. The molecule has 1 N–H and O–H groups in total. The first-order chi connectivity index (χ1) is 6.58. The van der Waals surface area contributed by atoms with Crippen LogP contribution < -0.4 is 0 Å². The highest BCUT2D eigenvalue weighted by Crippen LogP contribution is 2.24. The molecule has 1 aromatic carbocycles. The first-order valence-corrected chi connectivity index (χ1v) is 5.11. The molecule has 2 aromatic rings. The minimum Gasteiger partial charge on any atom is -0.329 e. The van der Waals surface area contributed by atoms with E-state index >= 15 is 0 Å². The molecule has 1 heterocycles. The van der Waals surface area contributed by atoms with E-state index in [0.717, 1.165) is 11.0 Å². The normalized spacial score (nSPS) is 11.5. The van der Waals surface area contributed by atoms with Gasteiger partial charge in [-0.3, -0.25) is 0 Å². The van der Waals surface area contributed by atoms with Crippen LogP contribution >= 0.6 is 11.6 Å². The van der Waals surface area contributed by atoms with E-state index in [1.165, 1.54) is 11.1 Å². The first kappa shape index (κ1) is 9.53. The molecule has 0 saturated carbocycles. The summed E-state index contributed by atoms with van der Waals surface area (Å²) in [6.07, 6.45) is 0. The maximum Gasteiger partial charge on any atom is 0.201 e. The number of imidazole rings is 1. The fourth-order valence-corrected chi connectivity index (χ4v) is 1.96. The Bertz CT molecular complexity index is 471. The summed E-state index contributed by atoms with van der Waals surface area (Å²) in [5.74, 6) is 0.523. The van der Waals surface area contributed by atoms with Gasteiger partial charge in [-0.25, -0.2) is 4.98 Å². The Morgan fingerprint density at radius 3 is 2.71 bits per heavy atom. The highest BCUT2D eigenvalue weighted by molar-refractivity contribution is 6.29. The summed E-state index contributed by atoms with van der Waals surface area (Å²) in [6, 6.07) is 4.21. The average Bonchev–Trinajstić information content (AvgIpc) is 2.42. The van der Waals surface area contributed by atoms with Crippen molar-refractivity contribution in [3.05, 3.63) is 28.5 Å². The van der Waals surface area contributed by atoms with Crippen molar-refractivity contribution in [1.29, 1.82) is 0 Å². The lowest BCUT2D eigenvalue weighted by molar-refractivity contribution is 0.858. The molecule has 2 nitrogen and oxygen atoms in total. The number of nitrogens with zero attached hydrogens (tertiary/aromatic N) is 1. The Morgan fingerprint density at radius 1 is 1.36 bits per heavy atom. The smallest absolute Gasteiger partial charge is 0.201 e. The molecule has 1 aromatic heterocycles. The zero-order valence-electron chi connectivity index (χ0n) is 8.56. The number of benzene rings is 1. The second kappa shape index (κ2) is 3.28. The fraction of sp³-hybridized carbons (Fsp3) is 0.364. The number of H-pyrrole nitrogens is 1. The minimum absolute atomic E-state index is 0.459. The molecule has 0 bridgehead atoms. The van der Waals surface area contributed by atoms with Gasteiger partial charge in [-0.1, -0.05) is 13.8 Å². The van der Waals surface area contributed by atoms with Crippen LogP contribution in [0, 0.1) is 6.92 Å². The Balaban J connectivity index is 2.70. The lowest BCUT2D eigenvalue weighted by Crippen LogP contribution is -1.91. The second-order valence-electron chi connectivity index (χ2n) is 3.91. The highest BCUT2D eigenvalue weighted by Gasteiger charge is 2.07. The van der Waals surface area contributed by atoms with Crippen LogP contribution in [0.5, 0.6) is 0 Å². The van der Waals surface area contributed by atoms with Gasteiger partial charge in [0.25, 0.3) is 0 Å². The van der Waals surface area contributed by atoms with Crippen molar-refractivity contribution in [3.8, 4) is 0 Å². The van der Waals surface area contributed by atoms with Crippen molar-refractivity contribution >= 4 is 22.6 Å². The quantitative estimate of drug-likeness (QED) is 0.762. The van der Waals surface area contributed by atoms with Crippen molar-refractivity contribution in [3.63, 3.8) is 0 Å².